The van der Waals surface area contributed by atoms with Gasteiger partial charge in [0.05, 0.1) is 18.6 Å². The van der Waals surface area contributed by atoms with Crippen molar-refractivity contribution in [2.24, 2.45) is 0 Å². The van der Waals surface area contributed by atoms with Crippen molar-refractivity contribution >= 4 is 12.1 Å². The number of carbonyl (C=O) groups is 2. The quantitative estimate of drug-likeness (QED) is 0.595. The molecule has 3 aromatic rings. The second-order valence-corrected chi connectivity index (χ2v) is 9.06. The van der Waals surface area contributed by atoms with Gasteiger partial charge >= 0.3 is 12.1 Å². The number of aliphatic carboxylic acids is 1. The van der Waals surface area contributed by atoms with Crippen LogP contribution in [-0.4, -0.2) is 38.9 Å². The Morgan fingerprint density at radius 2 is 1.73 bits per heavy atom. The van der Waals surface area contributed by atoms with Gasteiger partial charge < -0.3 is 19.7 Å². The van der Waals surface area contributed by atoms with E-state index < -0.39 is 17.6 Å². The SMILES string of the molecule is CC(Cn1cnc2c1CCCC2)(NC(=O)OCC1c2ccccc2-c2ccccc21)C(=O)O. The maximum atomic E-state index is 12.7. The number of aromatic nitrogens is 2. The summed E-state index contributed by atoms with van der Waals surface area (Å²) in [6.07, 6.45) is 4.87. The molecule has 2 aliphatic carbocycles. The highest BCUT2D eigenvalue weighted by Crippen LogP contribution is 2.44. The van der Waals surface area contributed by atoms with Gasteiger partial charge in [0.1, 0.15) is 6.61 Å². The van der Waals surface area contributed by atoms with Gasteiger partial charge in [0, 0.05) is 11.6 Å². The van der Waals surface area contributed by atoms with Gasteiger partial charge in [0.25, 0.3) is 0 Å². The molecule has 7 heteroatoms. The number of fused-ring (bicyclic) bond motifs is 4. The molecule has 2 aliphatic rings. The highest BCUT2D eigenvalue weighted by molar-refractivity contribution is 5.84. The molecule has 33 heavy (non-hydrogen) atoms. The van der Waals surface area contributed by atoms with E-state index in [0.29, 0.717) is 0 Å². The Bertz CT molecular complexity index is 1170. The predicted molar refractivity (Wildman–Crippen MR) is 123 cm³/mol. The van der Waals surface area contributed by atoms with Crippen LogP contribution in [-0.2, 0) is 28.9 Å². The van der Waals surface area contributed by atoms with Crippen LogP contribution in [0.3, 0.4) is 0 Å². The summed E-state index contributed by atoms with van der Waals surface area (Å²) < 4.78 is 7.43. The van der Waals surface area contributed by atoms with Crippen LogP contribution in [0.4, 0.5) is 4.79 Å². The van der Waals surface area contributed by atoms with Crippen molar-refractivity contribution in [3.8, 4) is 11.1 Å². The van der Waals surface area contributed by atoms with Crippen molar-refractivity contribution in [2.75, 3.05) is 6.61 Å². The molecule has 0 saturated carbocycles. The smallest absolute Gasteiger partial charge is 0.408 e. The minimum absolute atomic E-state index is 0.0834. The number of alkyl carbamates (subject to hydrolysis) is 1. The average Bonchev–Trinajstić information content (AvgIpc) is 3.36. The lowest BCUT2D eigenvalue weighted by Crippen LogP contribution is -2.55. The van der Waals surface area contributed by atoms with E-state index in [9.17, 15) is 14.7 Å². The van der Waals surface area contributed by atoms with Crippen molar-refractivity contribution in [2.45, 2.75) is 50.6 Å². The summed E-state index contributed by atoms with van der Waals surface area (Å²) in [5, 5.41) is 12.5. The number of imidazole rings is 1. The van der Waals surface area contributed by atoms with Crippen LogP contribution in [0, 0.1) is 0 Å². The third kappa shape index (κ3) is 3.88. The molecule has 0 aliphatic heterocycles. The largest absolute Gasteiger partial charge is 0.479 e. The first-order valence-electron chi connectivity index (χ1n) is 11.4. The summed E-state index contributed by atoms with van der Waals surface area (Å²) in [4.78, 5) is 29.3. The number of hydrogen-bond acceptors (Lipinski definition) is 4. The molecule has 1 amide bonds. The number of hydrogen-bond donors (Lipinski definition) is 2. The molecule has 0 saturated heterocycles. The van der Waals surface area contributed by atoms with Crippen LogP contribution in [0.2, 0.25) is 0 Å². The highest BCUT2D eigenvalue weighted by Gasteiger charge is 2.38. The van der Waals surface area contributed by atoms with E-state index >= 15 is 0 Å². The molecule has 1 aromatic heterocycles. The van der Waals surface area contributed by atoms with Gasteiger partial charge in [-0.3, -0.25) is 0 Å². The first-order valence-corrected chi connectivity index (χ1v) is 11.4. The molecule has 1 unspecified atom stereocenters. The minimum Gasteiger partial charge on any atom is -0.479 e. The molecule has 0 radical (unpaired) electrons. The van der Waals surface area contributed by atoms with Crippen LogP contribution in [0.5, 0.6) is 0 Å². The normalized spacial score (nSPS) is 16.3. The molecule has 170 valence electrons. The van der Waals surface area contributed by atoms with Crippen LogP contribution in [0.1, 0.15) is 48.2 Å². The predicted octanol–water partition coefficient (Wildman–Crippen LogP) is 4.14. The zero-order valence-corrected chi connectivity index (χ0v) is 18.6. The van der Waals surface area contributed by atoms with E-state index in [4.69, 9.17) is 4.74 Å². The standard InChI is InChI=1S/C26H27N3O4/c1-26(24(30)31,15-29-16-27-22-12-6-7-13-23(22)29)28-25(32)33-14-21-19-10-4-2-8-17(19)18-9-3-5-11-20(18)21/h2-5,8-11,16,21H,6-7,12-15H2,1H3,(H,28,32)(H,30,31). The third-order valence-electron chi connectivity index (χ3n) is 6.79. The first kappa shape index (κ1) is 21.2. The molecule has 0 bridgehead atoms. The van der Waals surface area contributed by atoms with Gasteiger partial charge in [-0.25, -0.2) is 14.6 Å². The Balaban J connectivity index is 1.30. The lowest BCUT2D eigenvalue weighted by atomic mass is 9.98. The minimum atomic E-state index is -1.52. The molecule has 0 fully saturated rings. The number of ether oxygens (including phenoxy) is 1. The second-order valence-electron chi connectivity index (χ2n) is 9.06. The van der Waals surface area contributed by atoms with Gasteiger partial charge in [-0.2, -0.15) is 0 Å². The molecule has 1 heterocycles. The van der Waals surface area contributed by atoms with Gasteiger partial charge in [-0.1, -0.05) is 48.5 Å². The fraction of sp³-hybridized carbons (Fsp3) is 0.346. The van der Waals surface area contributed by atoms with Crippen LogP contribution < -0.4 is 5.32 Å². The summed E-state index contributed by atoms with van der Waals surface area (Å²) in [5.74, 6) is -1.20. The van der Waals surface area contributed by atoms with Crippen LogP contribution >= 0.6 is 0 Å². The van der Waals surface area contributed by atoms with E-state index in [1.54, 1.807) is 6.33 Å². The molecule has 7 nitrogen and oxygen atoms in total. The number of carboxylic acid groups (broad SMARTS) is 1. The molecular weight excluding hydrogens is 418 g/mol. The Labute approximate surface area is 192 Å². The molecule has 0 spiro atoms. The Kier molecular flexibility index (Phi) is 5.40. The lowest BCUT2D eigenvalue weighted by Gasteiger charge is -2.28. The third-order valence-corrected chi connectivity index (χ3v) is 6.79. The van der Waals surface area contributed by atoms with E-state index in [2.05, 4.69) is 22.4 Å². The van der Waals surface area contributed by atoms with E-state index in [1.807, 2.05) is 41.0 Å². The highest BCUT2D eigenvalue weighted by atomic mass is 16.5. The lowest BCUT2D eigenvalue weighted by molar-refractivity contribution is -0.144. The fourth-order valence-corrected chi connectivity index (χ4v) is 5.03. The number of carbonyl (C=O) groups excluding carboxylic acids is 1. The van der Waals surface area contributed by atoms with Gasteiger partial charge in [0.15, 0.2) is 5.54 Å². The number of nitrogens with one attached hydrogen (secondary N) is 1. The Morgan fingerprint density at radius 3 is 2.39 bits per heavy atom. The number of benzene rings is 2. The average molecular weight is 446 g/mol. The van der Waals surface area contributed by atoms with E-state index in [0.717, 1.165) is 59.3 Å². The van der Waals surface area contributed by atoms with Crippen molar-refractivity contribution in [1.82, 2.24) is 14.9 Å². The number of rotatable bonds is 6. The molecular formula is C26H27N3O4. The summed E-state index contributed by atoms with van der Waals surface area (Å²) >= 11 is 0. The zero-order valence-electron chi connectivity index (χ0n) is 18.6. The van der Waals surface area contributed by atoms with Crippen LogP contribution in [0.15, 0.2) is 54.9 Å². The summed E-state index contributed by atoms with van der Waals surface area (Å²) in [6, 6.07) is 16.2. The number of aryl methyl sites for hydroxylation is 1. The van der Waals surface area contributed by atoms with Crippen molar-refractivity contribution < 1.29 is 19.4 Å². The first-order chi connectivity index (χ1) is 16.0. The maximum Gasteiger partial charge on any atom is 0.408 e. The Hall–Kier alpha value is -3.61. The zero-order chi connectivity index (χ0) is 23.0. The van der Waals surface area contributed by atoms with Gasteiger partial charge in [-0.15, -0.1) is 0 Å². The number of nitrogens with zero attached hydrogens (tertiary/aromatic N) is 2. The van der Waals surface area contributed by atoms with Gasteiger partial charge in [-0.05, 0) is 54.9 Å². The maximum absolute atomic E-state index is 12.7. The van der Waals surface area contributed by atoms with Crippen LogP contribution in [0.25, 0.3) is 11.1 Å². The molecule has 2 N–H and O–H groups in total. The van der Waals surface area contributed by atoms with Gasteiger partial charge in [0.2, 0.25) is 0 Å². The number of amides is 1. The number of carboxylic acids is 1. The van der Waals surface area contributed by atoms with Crippen molar-refractivity contribution in [1.29, 1.82) is 0 Å². The molecule has 5 rings (SSSR count). The van der Waals surface area contributed by atoms with E-state index in [-0.39, 0.29) is 19.1 Å². The van der Waals surface area contributed by atoms with E-state index in [1.165, 1.54) is 6.92 Å². The second kappa shape index (κ2) is 8.39. The topological polar surface area (TPSA) is 93.5 Å². The summed E-state index contributed by atoms with van der Waals surface area (Å²) in [6.45, 7) is 1.73. The monoisotopic (exact) mass is 445 g/mol. The molecule has 1 atom stereocenters. The van der Waals surface area contributed by atoms with Crippen molar-refractivity contribution in [3.63, 3.8) is 0 Å². The summed E-state index contributed by atoms with van der Waals surface area (Å²) in [7, 11) is 0. The van der Waals surface area contributed by atoms with Crippen molar-refractivity contribution in [3.05, 3.63) is 77.4 Å². The molecule has 2 aromatic carbocycles. The summed E-state index contributed by atoms with van der Waals surface area (Å²) in [5.41, 5.74) is 5.06. The fourth-order valence-electron chi connectivity index (χ4n) is 5.03. The Morgan fingerprint density at radius 1 is 1.09 bits per heavy atom.